The fourth-order valence-electron chi connectivity index (χ4n) is 4.07. The summed E-state index contributed by atoms with van der Waals surface area (Å²) in [6.45, 7) is 7.96. The van der Waals surface area contributed by atoms with Gasteiger partial charge in [-0.3, -0.25) is 4.79 Å². The van der Waals surface area contributed by atoms with E-state index in [1.807, 2.05) is 35.0 Å². The average molecular weight is 496 g/mol. The Labute approximate surface area is 206 Å². The van der Waals surface area contributed by atoms with Gasteiger partial charge in [-0.05, 0) is 36.7 Å². The van der Waals surface area contributed by atoms with Crippen LogP contribution < -0.4 is 14.8 Å². The maximum absolute atomic E-state index is 12.5. The molecule has 8 nitrogen and oxygen atoms in total. The third kappa shape index (κ3) is 5.57. The number of carbonyl (C=O) groups is 2. The SMILES string of the molecule is COc1cccc(OC)c1-c1cn(COCC[Si](C)(C)C)c2nc(NC(=O)[C@@H]3C[C@H]3C=O)ccc12. The van der Waals surface area contributed by atoms with Crippen molar-refractivity contribution < 1.29 is 23.8 Å². The second-order valence-corrected chi connectivity index (χ2v) is 15.7. The summed E-state index contributed by atoms with van der Waals surface area (Å²) in [6.07, 6.45) is 3.43. The quantitative estimate of drug-likeness (QED) is 0.233. The number of aldehydes is 1. The number of pyridine rings is 1. The Hall–Kier alpha value is -3.17. The van der Waals surface area contributed by atoms with Gasteiger partial charge in [0, 0.05) is 43.7 Å². The highest BCUT2D eigenvalue weighted by molar-refractivity contribution is 6.76. The summed E-state index contributed by atoms with van der Waals surface area (Å²) in [7, 11) is 2.05. The van der Waals surface area contributed by atoms with E-state index < -0.39 is 8.07 Å². The molecule has 0 aliphatic heterocycles. The summed E-state index contributed by atoms with van der Waals surface area (Å²) in [5.74, 6) is 1.19. The molecule has 1 aliphatic rings. The number of aromatic nitrogens is 2. The Bertz CT molecular complexity index is 1210. The molecule has 1 aromatic carbocycles. The van der Waals surface area contributed by atoms with E-state index >= 15 is 0 Å². The van der Waals surface area contributed by atoms with E-state index in [9.17, 15) is 9.59 Å². The van der Waals surface area contributed by atoms with Crippen molar-refractivity contribution in [3.8, 4) is 22.6 Å². The molecular formula is C26H33N3O5Si. The highest BCUT2D eigenvalue weighted by Crippen LogP contribution is 2.42. The first-order chi connectivity index (χ1) is 16.8. The molecule has 0 radical (unpaired) electrons. The summed E-state index contributed by atoms with van der Waals surface area (Å²) in [4.78, 5) is 28.2. The van der Waals surface area contributed by atoms with E-state index in [2.05, 4.69) is 25.0 Å². The summed E-state index contributed by atoms with van der Waals surface area (Å²) in [5.41, 5.74) is 2.41. The van der Waals surface area contributed by atoms with Gasteiger partial charge in [-0.1, -0.05) is 25.7 Å². The van der Waals surface area contributed by atoms with E-state index in [-0.39, 0.29) is 17.7 Å². The lowest BCUT2D eigenvalue weighted by Gasteiger charge is -2.15. The monoisotopic (exact) mass is 495 g/mol. The lowest BCUT2D eigenvalue weighted by Crippen LogP contribution is -2.22. The molecule has 0 bridgehead atoms. The van der Waals surface area contributed by atoms with Crippen LogP contribution in [0.5, 0.6) is 11.5 Å². The van der Waals surface area contributed by atoms with Crippen LogP contribution in [0.3, 0.4) is 0 Å². The average Bonchev–Trinajstić information content (AvgIpc) is 3.55. The van der Waals surface area contributed by atoms with Gasteiger partial charge in [0.25, 0.3) is 0 Å². The van der Waals surface area contributed by atoms with Gasteiger partial charge in [0.1, 0.15) is 36.0 Å². The molecule has 0 spiro atoms. The van der Waals surface area contributed by atoms with Crippen LogP contribution in [0.4, 0.5) is 5.82 Å². The Morgan fingerprint density at radius 2 is 1.89 bits per heavy atom. The fourth-order valence-corrected chi connectivity index (χ4v) is 4.83. The largest absolute Gasteiger partial charge is 0.496 e. The molecule has 2 atom stereocenters. The first-order valence-electron chi connectivity index (χ1n) is 11.8. The van der Waals surface area contributed by atoms with Crippen LogP contribution in [-0.2, 0) is 21.1 Å². The van der Waals surface area contributed by atoms with Crippen LogP contribution >= 0.6 is 0 Å². The number of benzene rings is 1. The van der Waals surface area contributed by atoms with Gasteiger partial charge in [-0.25, -0.2) is 4.98 Å². The molecule has 1 fully saturated rings. The van der Waals surface area contributed by atoms with Gasteiger partial charge < -0.3 is 28.9 Å². The summed E-state index contributed by atoms with van der Waals surface area (Å²) in [6, 6.07) is 10.4. The van der Waals surface area contributed by atoms with E-state index in [1.165, 1.54) is 0 Å². The van der Waals surface area contributed by atoms with Crippen LogP contribution in [0.2, 0.25) is 25.7 Å². The molecule has 9 heteroatoms. The minimum absolute atomic E-state index is 0.176. The van der Waals surface area contributed by atoms with Gasteiger partial charge in [-0.2, -0.15) is 0 Å². The lowest BCUT2D eigenvalue weighted by molar-refractivity contribution is -0.119. The number of hydrogen-bond acceptors (Lipinski definition) is 6. The van der Waals surface area contributed by atoms with Crippen LogP contribution in [0.25, 0.3) is 22.2 Å². The number of hydrogen-bond donors (Lipinski definition) is 1. The van der Waals surface area contributed by atoms with E-state index in [4.69, 9.17) is 19.2 Å². The molecule has 0 saturated heterocycles. The second-order valence-electron chi connectivity index (χ2n) is 10.1. The number of rotatable bonds is 11. The number of ether oxygens (including phenoxy) is 3. The number of nitrogens with one attached hydrogen (secondary N) is 1. The zero-order valence-electron chi connectivity index (χ0n) is 21.0. The minimum atomic E-state index is -1.22. The van der Waals surface area contributed by atoms with Crippen molar-refractivity contribution in [1.29, 1.82) is 0 Å². The van der Waals surface area contributed by atoms with Crippen molar-refractivity contribution in [2.75, 3.05) is 26.1 Å². The minimum Gasteiger partial charge on any atom is -0.496 e. The maximum Gasteiger partial charge on any atom is 0.229 e. The van der Waals surface area contributed by atoms with E-state index in [1.54, 1.807) is 20.3 Å². The van der Waals surface area contributed by atoms with Crippen molar-refractivity contribution in [1.82, 2.24) is 9.55 Å². The molecule has 1 aliphatic carbocycles. The third-order valence-electron chi connectivity index (χ3n) is 6.25. The molecule has 1 amide bonds. The van der Waals surface area contributed by atoms with Gasteiger partial charge in [0.2, 0.25) is 5.91 Å². The highest BCUT2D eigenvalue weighted by Gasteiger charge is 2.42. The normalized spacial score (nSPS) is 17.3. The maximum atomic E-state index is 12.5. The molecule has 3 aromatic rings. The number of anilines is 1. The first-order valence-corrected chi connectivity index (χ1v) is 15.5. The zero-order chi connectivity index (χ0) is 25.2. The molecule has 1 N–H and O–H groups in total. The predicted octanol–water partition coefficient (Wildman–Crippen LogP) is 4.81. The van der Waals surface area contributed by atoms with Gasteiger partial charge in [-0.15, -0.1) is 0 Å². The molecule has 2 heterocycles. The molecule has 2 aromatic heterocycles. The molecular weight excluding hydrogens is 462 g/mol. The molecule has 0 unspecified atom stereocenters. The van der Waals surface area contributed by atoms with Crippen LogP contribution in [-0.4, -0.2) is 50.6 Å². The summed E-state index contributed by atoms with van der Waals surface area (Å²) in [5, 5.41) is 3.75. The van der Waals surface area contributed by atoms with Crippen LogP contribution in [0.1, 0.15) is 6.42 Å². The van der Waals surface area contributed by atoms with Crippen LogP contribution in [0.15, 0.2) is 36.5 Å². The smallest absolute Gasteiger partial charge is 0.229 e. The summed E-state index contributed by atoms with van der Waals surface area (Å²) < 4.78 is 19.3. The Morgan fingerprint density at radius 1 is 1.17 bits per heavy atom. The molecule has 1 saturated carbocycles. The Morgan fingerprint density at radius 3 is 2.49 bits per heavy atom. The van der Waals surface area contributed by atoms with Crippen molar-refractivity contribution in [3.63, 3.8) is 0 Å². The lowest BCUT2D eigenvalue weighted by atomic mass is 10.0. The predicted molar refractivity (Wildman–Crippen MR) is 139 cm³/mol. The van der Waals surface area contributed by atoms with Crippen molar-refractivity contribution in [2.45, 2.75) is 38.8 Å². The first kappa shape index (κ1) is 24.9. The fraction of sp³-hybridized carbons (Fsp3) is 0.423. The topological polar surface area (TPSA) is 91.7 Å². The van der Waals surface area contributed by atoms with Crippen molar-refractivity contribution in [2.24, 2.45) is 11.8 Å². The number of carbonyl (C=O) groups excluding carboxylic acids is 2. The zero-order valence-corrected chi connectivity index (χ0v) is 22.0. The standard InChI is InChI=1S/C26H33N3O5Si/c1-32-21-7-6-8-22(33-2)24(21)20-14-29(16-34-11-12-35(3,4)5)25-18(20)9-10-23(27-25)28-26(31)19-13-17(19)15-30/h6-10,14-15,17,19H,11-13,16H2,1-5H3,(H,27,28,31)/t17-,19+/m0/s1. The van der Waals surface area contributed by atoms with Gasteiger partial charge in [0.15, 0.2) is 0 Å². The Kier molecular flexibility index (Phi) is 7.27. The number of methoxy groups -OCH3 is 2. The number of fused-ring (bicyclic) bond motifs is 1. The van der Waals surface area contributed by atoms with Crippen molar-refractivity contribution >= 4 is 37.1 Å². The van der Waals surface area contributed by atoms with Crippen LogP contribution in [0, 0.1) is 11.8 Å². The summed E-state index contributed by atoms with van der Waals surface area (Å²) >= 11 is 0. The second kappa shape index (κ2) is 10.2. The number of nitrogens with zero attached hydrogens (tertiary/aromatic N) is 2. The molecule has 35 heavy (non-hydrogen) atoms. The van der Waals surface area contributed by atoms with E-state index in [0.717, 1.165) is 28.8 Å². The Balaban J connectivity index is 1.71. The number of amides is 1. The van der Waals surface area contributed by atoms with Gasteiger partial charge >= 0.3 is 0 Å². The molecule has 186 valence electrons. The van der Waals surface area contributed by atoms with E-state index in [0.29, 0.717) is 42.7 Å². The highest BCUT2D eigenvalue weighted by atomic mass is 28.3. The van der Waals surface area contributed by atoms with Crippen molar-refractivity contribution in [3.05, 3.63) is 36.5 Å². The third-order valence-corrected chi connectivity index (χ3v) is 7.95. The van der Waals surface area contributed by atoms with Gasteiger partial charge in [0.05, 0.1) is 19.8 Å². The molecule has 4 rings (SSSR count).